The number of benzene rings is 2. The first-order valence-corrected chi connectivity index (χ1v) is 7.72. The summed E-state index contributed by atoms with van der Waals surface area (Å²) in [6.07, 6.45) is 1.64. The largest absolute Gasteiger partial charge is 0.392 e. The molecule has 19 heavy (non-hydrogen) atoms. The van der Waals surface area contributed by atoms with E-state index in [1.807, 2.05) is 18.2 Å². The number of aryl methyl sites for hydroxylation is 1. The van der Waals surface area contributed by atoms with Gasteiger partial charge in [-0.05, 0) is 34.9 Å². The second-order valence-electron chi connectivity index (χ2n) is 4.94. The Hall–Kier alpha value is -1.38. The summed E-state index contributed by atoms with van der Waals surface area (Å²) < 4.78 is 0. The average Bonchev–Trinajstić information content (AvgIpc) is 2.47. The van der Waals surface area contributed by atoms with Crippen LogP contribution in [0.1, 0.15) is 28.4 Å². The van der Waals surface area contributed by atoms with Gasteiger partial charge < -0.3 is 5.11 Å². The molecule has 0 heterocycles. The molecule has 0 bridgehead atoms. The second kappa shape index (κ2) is 5.72. The Morgan fingerprint density at radius 1 is 1.00 bits per heavy atom. The fourth-order valence-corrected chi connectivity index (χ4v) is 3.87. The molecule has 98 valence electrons. The standard InChI is InChI=1S/C17H18OS/c18-16-11-10-14-8-4-5-9-15(14)17(16)19-12-13-6-2-1-3-7-13/h1-9,12,16-19H,10-11H2. The van der Waals surface area contributed by atoms with E-state index in [4.69, 9.17) is 0 Å². The lowest BCUT2D eigenvalue weighted by atomic mass is 9.89. The molecule has 2 aromatic rings. The molecule has 0 aromatic heterocycles. The van der Waals surface area contributed by atoms with Crippen molar-refractivity contribution < 1.29 is 5.11 Å². The maximum absolute atomic E-state index is 10.3. The molecule has 0 amide bonds. The lowest BCUT2D eigenvalue weighted by Gasteiger charge is -2.28. The van der Waals surface area contributed by atoms with Gasteiger partial charge in [-0.3, -0.25) is 0 Å². The summed E-state index contributed by atoms with van der Waals surface area (Å²) in [5, 5.41) is 12.7. The van der Waals surface area contributed by atoms with Gasteiger partial charge in [-0.15, -0.1) is 0 Å². The van der Waals surface area contributed by atoms with Crippen LogP contribution in [-0.4, -0.2) is 16.6 Å². The zero-order valence-electron chi connectivity index (χ0n) is 10.7. The van der Waals surface area contributed by atoms with Gasteiger partial charge in [0.1, 0.15) is 0 Å². The van der Waals surface area contributed by atoms with Crippen molar-refractivity contribution in [2.24, 2.45) is 0 Å². The van der Waals surface area contributed by atoms with E-state index in [2.05, 4.69) is 41.8 Å². The van der Waals surface area contributed by atoms with Gasteiger partial charge in [0.15, 0.2) is 0 Å². The highest BCUT2D eigenvalue weighted by molar-refractivity contribution is 7.98. The van der Waals surface area contributed by atoms with Crippen LogP contribution in [0.5, 0.6) is 0 Å². The molecule has 1 aliphatic carbocycles. The van der Waals surface area contributed by atoms with Crippen LogP contribution in [0.4, 0.5) is 0 Å². The predicted octanol–water partition coefficient (Wildman–Crippen LogP) is 3.35. The van der Waals surface area contributed by atoms with Gasteiger partial charge in [0.05, 0.1) is 6.10 Å². The molecule has 1 aliphatic rings. The fourth-order valence-electron chi connectivity index (χ4n) is 2.60. The lowest BCUT2D eigenvalue weighted by Crippen LogP contribution is -2.22. The molecule has 1 nitrogen and oxygen atoms in total. The molecule has 2 heteroatoms. The summed E-state index contributed by atoms with van der Waals surface area (Å²) in [7, 11) is 0. The number of rotatable bonds is 2. The van der Waals surface area contributed by atoms with E-state index in [9.17, 15) is 5.11 Å². The van der Waals surface area contributed by atoms with Crippen molar-refractivity contribution in [1.29, 1.82) is 0 Å². The predicted molar refractivity (Wildman–Crippen MR) is 84.1 cm³/mol. The van der Waals surface area contributed by atoms with Gasteiger partial charge in [0.2, 0.25) is 0 Å². The normalized spacial score (nSPS) is 22.8. The number of hydrogen-bond donors (Lipinski definition) is 2. The van der Waals surface area contributed by atoms with E-state index in [1.165, 1.54) is 28.0 Å². The molecule has 0 saturated heterocycles. The minimum absolute atomic E-state index is 0.213. The number of fused-ring (bicyclic) bond motifs is 1. The van der Waals surface area contributed by atoms with Crippen molar-refractivity contribution >= 4 is 16.7 Å². The Labute approximate surface area is 117 Å². The van der Waals surface area contributed by atoms with E-state index in [-0.39, 0.29) is 11.4 Å². The molecule has 0 saturated carbocycles. The number of aliphatic hydroxyl groups is 1. The van der Waals surface area contributed by atoms with Crippen LogP contribution in [0.2, 0.25) is 0 Å². The highest BCUT2D eigenvalue weighted by atomic mass is 32.1. The third-order valence-electron chi connectivity index (χ3n) is 3.63. The number of hydrogen-bond acceptors (Lipinski definition) is 1. The molecule has 2 aromatic carbocycles. The zero-order valence-corrected chi connectivity index (χ0v) is 11.6. The van der Waals surface area contributed by atoms with Crippen LogP contribution >= 0.6 is 11.4 Å². The van der Waals surface area contributed by atoms with Crippen LogP contribution < -0.4 is 0 Å². The van der Waals surface area contributed by atoms with Crippen LogP contribution in [-0.2, 0) is 6.42 Å². The monoisotopic (exact) mass is 270 g/mol. The zero-order chi connectivity index (χ0) is 13.1. The third-order valence-corrected chi connectivity index (χ3v) is 5.02. The Morgan fingerprint density at radius 3 is 2.58 bits per heavy atom. The number of aliphatic hydroxyl groups excluding tert-OH is 1. The molecule has 2 unspecified atom stereocenters. The van der Waals surface area contributed by atoms with Gasteiger partial charge in [-0.1, -0.05) is 54.6 Å². The molecule has 0 fully saturated rings. The minimum Gasteiger partial charge on any atom is -0.392 e. The van der Waals surface area contributed by atoms with Crippen molar-refractivity contribution in [3.05, 3.63) is 71.3 Å². The summed E-state index contributed by atoms with van der Waals surface area (Å²) >= 11 is 1.18. The highest BCUT2D eigenvalue weighted by Gasteiger charge is 2.25. The van der Waals surface area contributed by atoms with Crippen molar-refractivity contribution in [2.75, 3.05) is 0 Å². The highest BCUT2D eigenvalue weighted by Crippen LogP contribution is 2.36. The molecule has 0 radical (unpaired) electrons. The summed E-state index contributed by atoms with van der Waals surface area (Å²) in [4.78, 5) is 0. The minimum atomic E-state index is -0.225. The first-order chi connectivity index (χ1) is 9.34. The van der Waals surface area contributed by atoms with E-state index < -0.39 is 0 Å². The quantitative estimate of drug-likeness (QED) is 0.633. The smallest absolute Gasteiger partial charge is 0.0695 e. The van der Waals surface area contributed by atoms with Crippen LogP contribution in [0, 0.1) is 0 Å². The number of thiol groups is 1. The first kappa shape index (κ1) is 12.6. The van der Waals surface area contributed by atoms with E-state index in [1.54, 1.807) is 0 Å². The van der Waals surface area contributed by atoms with Gasteiger partial charge in [0.25, 0.3) is 0 Å². The Kier molecular flexibility index (Phi) is 3.81. The summed E-state index contributed by atoms with van der Waals surface area (Å²) in [5.41, 5.74) is 3.93. The Bertz CT molecular complexity index is 577. The lowest BCUT2D eigenvalue weighted by molar-refractivity contribution is 0.155. The molecule has 2 atom stereocenters. The summed E-state index contributed by atoms with van der Waals surface area (Å²) in [5.74, 6) is 0. The van der Waals surface area contributed by atoms with E-state index in [0.717, 1.165) is 12.8 Å². The molecule has 1 N–H and O–H groups in total. The van der Waals surface area contributed by atoms with Gasteiger partial charge in [-0.25, -0.2) is 0 Å². The van der Waals surface area contributed by atoms with Crippen molar-refractivity contribution in [2.45, 2.75) is 24.2 Å². The van der Waals surface area contributed by atoms with Crippen LogP contribution in [0.15, 0.2) is 54.6 Å². The van der Waals surface area contributed by atoms with Crippen molar-refractivity contribution in [1.82, 2.24) is 0 Å². The topological polar surface area (TPSA) is 20.2 Å². The first-order valence-electron chi connectivity index (χ1n) is 6.69. The summed E-state index contributed by atoms with van der Waals surface area (Å²) in [6, 6.07) is 18.8. The fraction of sp³-hybridized carbons (Fsp3) is 0.235. The molecule has 0 aliphatic heterocycles. The Balaban J connectivity index is 1.90. The van der Waals surface area contributed by atoms with Crippen LogP contribution in [0.3, 0.4) is 0 Å². The molecule has 3 rings (SSSR count). The summed E-state index contributed by atoms with van der Waals surface area (Å²) in [6.45, 7) is 0. The maximum Gasteiger partial charge on any atom is 0.0695 e. The second-order valence-corrected chi connectivity index (χ2v) is 6.05. The molecular weight excluding hydrogens is 252 g/mol. The maximum atomic E-state index is 10.3. The Morgan fingerprint density at radius 2 is 1.74 bits per heavy atom. The third kappa shape index (κ3) is 2.80. The van der Waals surface area contributed by atoms with Gasteiger partial charge in [-0.2, -0.15) is 11.4 Å². The average molecular weight is 270 g/mol. The van der Waals surface area contributed by atoms with E-state index >= 15 is 0 Å². The van der Waals surface area contributed by atoms with Crippen LogP contribution in [0.25, 0.3) is 0 Å². The van der Waals surface area contributed by atoms with E-state index in [0.29, 0.717) is 0 Å². The van der Waals surface area contributed by atoms with Crippen molar-refractivity contribution in [3.63, 3.8) is 0 Å². The molecule has 0 spiro atoms. The van der Waals surface area contributed by atoms with Gasteiger partial charge >= 0.3 is 0 Å². The molecular formula is C17H18OS. The SMILES string of the molecule is OC1CCc2ccccc2C1/[SH]=C/c1ccccc1. The van der Waals surface area contributed by atoms with Crippen molar-refractivity contribution in [3.8, 4) is 0 Å². The van der Waals surface area contributed by atoms with Gasteiger partial charge in [0, 0.05) is 5.25 Å².